The lowest BCUT2D eigenvalue weighted by atomic mass is 10.3. The summed E-state index contributed by atoms with van der Waals surface area (Å²) in [5.74, 6) is -0.0247. The molecule has 0 radical (unpaired) electrons. The van der Waals surface area contributed by atoms with Crippen LogP contribution in [0.25, 0.3) is 11.2 Å². The molecule has 3 rings (SSSR count). The van der Waals surface area contributed by atoms with E-state index in [2.05, 4.69) is 20.0 Å². The molecular formula is C21H29N6O6P. The second-order valence-corrected chi connectivity index (χ2v) is 10.1. The van der Waals surface area contributed by atoms with E-state index in [1.807, 2.05) is 0 Å². The first-order valence-electron chi connectivity index (χ1n) is 10.6. The predicted octanol–water partition coefficient (Wildman–Crippen LogP) is 2.68. The minimum Gasteiger partial charge on any atom is -0.508 e. The average molecular weight is 492 g/mol. The third-order valence-corrected chi connectivity index (χ3v) is 6.37. The van der Waals surface area contributed by atoms with E-state index < -0.39 is 25.6 Å². The quantitative estimate of drug-likeness (QED) is 0.266. The number of hydrogen-bond donors (Lipinski definition) is 3. The molecule has 4 N–H and O–H groups in total. The van der Waals surface area contributed by atoms with Crippen molar-refractivity contribution in [2.24, 2.45) is 0 Å². The maximum Gasteiger partial charge on any atom is 0.342 e. The summed E-state index contributed by atoms with van der Waals surface area (Å²) in [4.78, 5) is 24.6. The molecule has 0 fully saturated rings. The first-order valence-corrected chi connectivity index (χ1v) is 12.5. The monoisotopic (exact) mass is 492 g/mol. The van der Waals surface area contributed by atoms with E-state index in [1.165, 1.54) is 37.5 Å². The fourth-order valence-corrected chi connectivity index (χ4v) is 4.83. The number of hydrogen-bond acceptors (Lipinski definition) is 10. The first kappa shape index (κ1) is 25.4. The summed E-state index contributed by atoms with van der Waals surface area (Å²) < 4.78 is 32.1. The standard InChI is InChI=1S/C21H29N6O6P/c1-13(2)32-21(29)15(4)26-34(30,33-17-7-5-16(28)6-8-17)12-31-14(3)9-27-11-25-18-19(22)23-10-24-20(18)27/h5-8,10-11,13-15,28H,9,12H2,1-4H3,(H,26,30)(H2,22,23,24)/t14?,15-,34?/m0/s1. The van der Waals surface area contributed by atoms with Crippen molar-refractivity contribution in [3.8, 4) is 11.5 Å². The summed E-state index contributed by atoms with van der Waals surface area (Å²) >= 11 is 0. The molecule has 12 nitrogen and oxygen atoms in total. The molecule has 3 atom stereocenters. The molecule has 2 heterocycles. The fraction of sp³-hybridized carbons (Fsp3) is 0.429. The third kappa shape index (κ3) is 6.66. The summed E-state index contributed by atoms with van der Waals surface area (Å²) in [7, 11) is -3.73. The highest BCUT2D eigenvalue weighted by Gasteiger charge is 2.32. The van der Waals surface area contributed by atoms with Crippen LogP contribution in [0.3, 0.4) is 0 Å². The zero-order valence-electron chi connectivity index (χ0n) is 19.4. The Morgan fingerprint density at radius 2 is 1.88 bits per heavy atom. The number of aromatic hydroxyl groups is 1. The molecule has 0 spiro atoms. The number of carbonyl (C=O) groups is 1. The van der Waals surface area contributed by atoms with Crippen LogP contribution < -0.4 is 15.3 Å². The normalized spacial score (nSPS) is 15.1. The lowest BCUT2D eigenvalue weighted by Crippen LogP contribution is -2.37. The van der Waals surface area contributed by atoms with Crippen LogP contribution in [-0.2, 0) is 25.4 Å². The third-order valence-electron chi connectivity index (χ3n) is 4.60. The van der Waals surface area contributed by atoms with Crippen LogP contribution in [0, 0.1) is 0 Å². The zero-order valence-corrected chi connectivity index (χ0v) is 20.3. The van der Waals surface area contributed by atoms with Crippen molar-refractivity contribution < 1.29 is 28.5 Å². The van der Waals surface area contributed by atoms with Crippen molar-refractivity contribution in [1.29, 1.82) is 0 Å². The number of anilines is 1. The molecule has 0 aliphatic carbocycles. The predicted molar refractivity (Wildman–Crippen MR) is 125 cm³/mol. The molecule has 3 aromatic rings. The summed E-state index contributed by atoms with van der Waals surface area (Å²) in [6, 6.07) is 4.81. The van der Waals surface area contributed by atoms with Crippen molar-refractivity contribution in [3.63, 3.8) is 0 Å². The number of ether oxygens (including phenoxy) is 2. The number of nitrogens with two attached hydrogens (primary N) is 1. The van der Waals surface area contributed by atoms with E-state index in [-0.39, 0.29) is 29.8 Å². The number of phenolic OH excluding ortho intramolecular Hbond substituents is 1. The molecule has 0 saturated heterocycles. The van der Waals surface area contributed by atoms with Gasteiger partial charge in [0, 0.05) is 0 Å². The lowest BCUT2D eigenvalue weighted by molar-refractivity contribution is -0.149. The fourth-order valence-electron chi connectivity index (χ4n) is 3.04. The molecule has 34 heavy (non-hydrogen) atoms. The number of esters is 1. The van der Waals surface area contributed by atoms with Crippen molar-refractivity contribution in [3.05, 3.63) is 36.9 Å². The van der Waals surface area contributed by atoms with Crippen LogP contribution in [0.5, 0.6) is 11.5 Å². The minimum atomic E-state index is -3.73. The highest BCUT2D eigenvalue weighted by Crippen LogP contribution is 2.44. The summed E-state index contributed by atoms with van der Waals surface area (Å²) in [5, 5.41) is 12.2. The van der Waals surface area contributed by atoms with Gasteiger partial charge in [0.25, 0.3) is 0 Å². The Hall–Kier alpha value is -3.21. The van der Waals surface area contributed by atoms with E-state index in [1.54, 1.807) is 31.7 Å². The molecule has 0 bridgehead atoms. The Morgan fingerprint density at radius 3 is 2.56 bits per heavy atom. The molecule has 0 saturated carbocycles. The van der Waals surface area contributed by atoms with Gasteiger partial charge in [-0.2, -0.15) is 0 Å². The number of nitrogens with zero attached hydrogens (tertiary/aromatic N) is 4. The van der Waals surface area contributed by atoms with Crippen LogP contribution in [0.2, 0.25) is 0 Å². The van der Waals surface area contributed by atoms with Gasteiger partial charge in [-0.25, -0.2) is 20.0 Å². The number of phenols is 1. The molecule has 0 aliphatic rings. The number of fused-ring (bicyclic) bond motifs is 1. The van der Waals surface area contributed by atoms with Gasteiger partial charge >= 0.3 is 13.5 Å². The molecule has 13 heteroatoms. The Morgan fingerprint density at radius 1 is 1.18 bits per heavy atom. The van der Waals surface area contributed by atoms with Gasteiger partial charge in [0.05, 0.1) is 25.1 Å². The van der Waals surface area contributed by atoms with Gasteiger partial charge < -0.3 is 29.4 Å². The topological polar surface area (TPSA) is 164 Å². The summed E-state index contributed by atoms with van der Waals surface area (Å²) in [6.07, 6.45) is 1.84. The summed E-state index contributed by atoms with van der Waals surface area (Å²) in [5.41, 5.74) is 6.86. The number of benzene rings is 1. The van der Waals surface area contributed by atoms with E-state index >= 15 is 0 Å². The SMILES string of the molecule is CC(C)OC(=O)[C@H](C)NP(=O)(COC(C)Cn1cnc2c(N)ncnc21)Oc1ccc(O)cc1. The highest BCUT2D eigenvalue weighted by atomic mass is 31.2. The van der Waals surface area contributed by atoms with Gasteiger partial charge in [-0.05, 0) is 52.0 Å². The van der Waals surface area contributed by atoms with E-state index in [9.17, 15) is 14.5 Å². The van der Waals surface area contributed by atoms with Crippen molar-refractivity contribution >= 4 is 30.5 Å². The smallest absolute Gasteiger partial charge is 0.342 e. The second kappa shape index (κ2) is 10.8. The van der Waals surface area contributed by atoms with Crippen molar-refractivity contribution in [2.75, 3.05) is 12.1 Å². The van der Waals surface area contributed by atoms with Crippen LogP contribution in [0.4, 0.5) is 5.82 Å². The Kier molecular flexibility index (Phi) is 8.08. The van der Waals surface area contributed by atoms with Gasteiger partial charge in [0.15, 0.2) is 11.5 Å². The molecule has 184 valence electrons. The molecule has 2 aromatic heterocycles. The Labute approximate surface area is 197 Å². The molecule has 0 amide bonds. The number of carbonyl (C=O) groups excluding carboxylic acids is 1. The van der Waals surface area contributed by atoms with Crippen LogP contribution in [-0.4, -0.2) is 55.2 Å². The second-order valence-electron chi connectivity index (χ2n) is 8.03. The Balaban J connectivity index is 1.71. The number of nitrogens with one attached hydrogen (secondary N) is 1. The maximum absolute atomic E-state index is 13.6. The van der Waals surface area contributed by atoms with E-state index in [0.29, 0.717) is 17.7 Å². The maximum atomic E-state index is 13.6. The van der Waals surface area contributed by atoms with Gasteiger partial charge in [0.1, 0.15) is 35.7 Å². The number of aromatic nitrogens is 4. The van der Waals surface area contributed by atoms with Gasteiger partial charge in [0.2, 0.25) is 0 Å². The Bertz CT molecular complexity index is 1170. The van der Waals surface area contributed by atoms with E-state index in [0.717, 1.165) is 0 Å². The van der Waals surface area contributed by atoms with Gasteiger partial charge in [-0.1, -0.05) is 0 Å². The van der Waals surface area contributed by atoms with E-state index in [4.69, 9.17) is 19.7 Å². The van der Waals surface area contributed by atoms with Crippen molar-refractivity contribution in [2.45, 2.75) is 52.5 Å². The van der Waals surface area contributed by atoms with Gasteiger partial charge in [-0.3, -0.25) is 9.36 Å². The highest BCUT2D eigenvalue weighted by molar-refractivity contribution is 7.57. The molecular weight excluding hydrogens is 463 g/mol. The first-order chi connectivity index (χ1) is 16.1. The molecule has 0 aliphatic heterocycles. The summed E-state index contributed by atoms with van der Waals surface area (Å²) in [6.45, 7) is 7.11. The van der Waals surface area contributed by atoms with Crippen LogP contribution in [0.15, 0.2) is 36.9 Å². The lowest BCUT2D eigenvalue weighted by Gasteiger charge is -2.25. The van der Waals surface area contributed by atoms with Gasteiger partial charge in [-0.15, -0.1) is 0 Å². The van der Waals surface area contributed by atoms with Crippen LogP contribution >= 0.6 is 7.52 Å². The van der Waals surface area contributed by atoms with Crippen LogP contribution in [0.1, 0.15) is 27.7 Å². The number of imidazole rings is 1. The molecule has 2 unspecified atom stereocenters. The van der Waals surface area contributed by atoms with Crippen molar-refractivity contribution in [1.82, 2.24) is 24.6 Å². The number of rotatable bonds is 11. The zero-order chi connectivity index (χ0) is 24.9. The molecule has 1 aromatic carbocycles. The minimum absolute atomic E-state index is 0.0332. The average Bonchev–Trinajstić information content (AvgIpc) is 3.17. The largest absolute Gasteiger partial charge is 0.508 e. The number of nitrogen functional groups attached to an aromatic ring is 1.